The van der Waals surface area contributed by atoms with Crippen molar-refractivity contribution in [1.29, 1.82) is 0 Å². The largest absolute Gasteiger partial charge is 0.496 e. The Morgan fingerprint density at radius 2 is 2.05 bits per heavy atom. The van der Waals surface area contributed by atoms with Gasteiger partial charge < -0.3 is 20.7 Å². The fraction of sp³-hybridized carbons (Fsp3) is 0.533. The monoisotopic (exact) mass is 281 g/mol. The van der Waals surface area contributed by atoms with Crippen molar-refractivity contribution < 1.29 is 19.7 Å². The number of ether oxygens (including phenoxy) is 1. The Hall–Kier alpha value is -1.59. The molecule has 0 amide bonds. The van der Waals surface area contributed by atoms with E-state index in [9.17, 15) is 9.90 Å². The first kappa shape index (κ1) is 16.5. The zero-order valence-electron chi connectivity index (χ0n) is 12.2. The van der Waals surface area contributed by atoms with Crippen molar-refractivity contribution >= 4 is 5.97 Å². The molecule has 5 nitrogen and oxygen atoms in total. The van der Waals surface area contributed by atoms with E-state index < -0.39 is 18.1 Å². The van der Waals surface area contributed by atoms with E-state index in [-0.39, 0.29) is 18.8 Å². The average molecular weight is 281 g/mol. The smallest absolute Gasteiger partial charge is 0.303 e. The van der Waals surface area contributed by atoms with Gasteiger partial charge in [0.15, 0.2) is 0 Å². The molecule has 5 heteroatoms. The first-order valence-electron chi connectivity index (χ1n) is 6.70. The average Bonchev–Trinajstić information content (AvgIpc) is 2.42. The van der Waals surface area contributed by atoms with E-state index in [1.54, 1.807) is 19.2 Å². The van der Waals surface area contributed by atoms with Crippen molar-refractivity contribution in [2.75, 3.05) is 7.11 Å². The Bertz CT molecular complexity index is 459. The number of carboxylic acid groups (broad SMARTS) is 1. The third kappa shape index (κ3) is 4.21. The Labute approximate surface area is 119 Å². The van der Waals surface area contributed by atoms with Crippen LogP contribution in [0.5, 0.6) is 5.75 Å². The first-order valence-corrected chi connectivity index (χ1v) is 6.70. The van der Waals surface area contributed by atoms with E-state index in [2.05, 4.69) is 0 Å². The summed E-state index contributed by atoms with van der Waals surface area (Å²) in [7, 11) is 1.61. The maximum atomic E-state index is 10.5. The van der Waals surface area contributed by atoms with Crippen LogP contribution in [0.15, 0.2) is 18.2 Å². The summed E-state index contributed by atoms with van der Waals surface area (Å²) in [6, 6.07) is 4.84. The minimum Gasteiger partial charge on any atom is -0.496 e. The van der Waals surface area contributed by atoms with Gasteiger partial charge in [0.1, 0.15) is 5.75 Å². The minimum atomic E-state index is -0.912. The first-order chi connectivity index (χ1) is 9.36. The lowest BCUT2D eigenvalue weighted by Gasteiger charge is -2.21. The van der Waals surface area contributed by atoms with Crippen molar-refractivity contribution in [3.8, 4) is 5.75 Å². The Kier molecular flexibility index (Phi) is 5.98. The zero-order chi connectivity index (χ0) is 15.3. The number of methoxy groups -OCH3 is 1. The molecule has 0 heterocycles. The molecule has 20 heavy (non-hydrogen) atoms. The number of carbonyl (C=O) groups is 1. The molecular formula is C15H23NO4. The molecule has 4 N–H and O–H groups in total. The van der Waals surface area contributed by atoms with Gasteiger partial charge >= 0.3 is 5.97 Å². The Balaban J connectivity index is 2.90. The van der Waals surface area contributed by atoms with Crippen LogP contribution >= 0.6 is 0 Å². The summed E-state index contributed by atoms with van der Waals surface area (Å²) in [5.74, 6) is 0.118. The molecule has 1 aromatic carbocycles. The topological polar surface area (TPSA) is 92.8 Å². The predicted molar refractivity (Wildman–Crippen MR) is 76.9 cm³/mol. The molecule has 0 aromatic heterocycles. The molecular weight excluding hydrogens is 258 g/mol. The molecule has 0 aliphatic carbocycles. The number of hydrogen-bond donors (Lipinski definition) is 3. The van der Waals surface area contributed by atoms with Gasteiger partial charge in [0.25, 0.3) is 0 Å². The van der Waals surface area contributed by atoms with Gasteiger partial charge in [-0.1, -0.05) is 19.9 Å². The predicted octanol–water partition coefficient (Wildman–Crippen LogP) is 2.04. The lowest BCUT2D eigenvalue weighted by atomic mass is 9.94. The number of carboxylic acids is 1. The molecule has 2 unspecified atom stereocenters. The van der Waals surface area contributed by atoms with Gasteiger partial charge in [0.2, 0.25) is 0 Å². The Morgan fingerprint density at radius 3 is 2.55 bits per heavy atom. The van der Waals surface area contributed by atoms with Crippen LogP contribution in [0.2, 0.25) is 0 Å². The summed E-state index contributed by atoms with van der Waals surface area (Å²) >= 11 is 0. The number of aliphatic carboxylic acids is 1. The van der Waals surface area contributed by atoms with Gasteiger partial charge in [-0.25, -0.2) is 0 Å². The van der Waals surface area contributed by atoms with Crippen LogP contribution in [-0.4, -0.2) is 29.3 Å². The van der Waals surface area contributed by atoms with Crippen LogP contribution < -0.4 is 10.5 Å². The van der Waals surface area contributed by atoms with Crippen molar-refractivity contribution in [1.82, 2.24) is 0 Å². The minimum absolute atomic E-state index is 0.0502. The van der Waals surface area contributed by atoms with E-state index in [0.29, 0.717) is 5.56 Å². The SMILES string of the molecule is COc1ccc(C(O)C(N)CCC(=O)O)cc1C(C)C. The molecule has 0 aliphatic heterocycles. The van der Waals surface area contributed by atoms with Gasteiger partial charge in [-0.3, -0.25) is 4.79 Å². The molecule has 0 fully saturated rings. The number of aliphatic hydroxyl groups excluding tert-OH is 1. The van der Waals surface area contributed by atoms with E-state index in [4.69, 9.17) is 15.6 Å². The Morgan fingerprint density at radius 1 is 1.40 bits per heavy atom. The second-order valence-corrected chi connectivity index (χ2v) is 5.20. The van der Waals surface area contributed by atoms with Crippen LogP contribution in [0, 0.1) is 0 Å². The van der Waals surface area contributed by atoms with E-state index in [0.717, 1.165) is 11.3 Å². The van der Waals surface area contributed by atoms with Crippen LogP contribution in [-0.2, 0) is 4.79 Å². The molecule has 0 saturated carbocycles. The summed E-state index contributed by atoms with van der Waals surface area (Å²) < 4.78 is 5.29. The lowest BCUT2D eigenvalue weighted by Crippen LogP contribution is -2.29. The molecule has 0 bridgehead atoms. The van der Waals surface area contributed by atoms with Gasteiger partial charge in [-0.05, 0) is 35.6 Å². The van der Waals surface area contributed by atoms with Crippen LogP contribution in [0.4, 0.5) is 0 Å². The van der Waals surface area contributed by atoms with E-state index in [1.165, 1.54) is 0 Å². The number of aliphatic hydroxyl groups is 1. The zero-order valence-corrected chi connectivity index (χ0v) is 12.2. The van der Waals surface area contributed by atoms with Gasteiger partial charge in [-0.2, -0.15) is 0 Å². The second kappa shape index (κ2) is 7.26. The maximum Gasteiger partial charge on any atom is 0.303 e. The molecule has 1 rings (SSSR count). The molecule has 2 atom stereocenters. The lowest BCUT2D eigenvalue weighted by molar-refractivity contribution is -0.137. The molecule has 0 radical (unpaired) electrons. The maximum absolute atomic E-state index is 10.5. The van der Waals surface area contributed by atoms with Gasteiger partial charge in [-0.15, -0.1) is 0 Å². The molecule has 0 aliphatic rings. The highest BCUT2D eigenvalue weighted by atomic mass is 16.5. The molecule has 1 aromatic rings. The fourth-order valence-corrected chi connectivity index (χ4v) is 2.08. The quantitative estimate of drug-likeness (QED) is 0.711. The number of nitrogens with two attached hydrogens (primary N) is 1. The summed E-state index contributed by atoms with van der Waals surface area (Å²) in [6.07, 6.45) is -0.692. The third-order valence-corrected chi connectivity index (χ3v) is 3.31. The highest BCUT2D eigenvalue weighted by Crippen LogP contribution is 2.30. The summed E-state index contributed by atoms with van der Waals surface area (Å²) in [4.78, 5) is 10.5. The van der Waals surface area contributed by atoms with Crippen molar-refractivity contribution in [3.05, 3.63) is 29.3 Å². The number of benzene rings is 1. The summed E-state index contributed by atoms with van der Waals surface area (Å²) in [5, 5.41) is 18.9. The molecule has 112 valence electrons. The highest BCUT2D eigenvalue weighted by molar-refractivity contribution is 5.66. The van der Waals surface area contributed by atoms with Gasteiger partial charge in [0, 0.05) is 12.5 Å². The normalized spacial score (nSPS) is 14.1. The van der Waals surface area contributed by atoms with E-state index in [1.807, 2.05) is 19.9 Å². The van der Waals surface area contributed by atoms with Crippen LogP contribution in [0.25, 0.3) is 0 Å². The fourth-order valence-electron chi connectivity index (χ4n) is 2.08. The van der Waals surface area contributed by atoms with Gasteiger partial charge in [0.05, 0.1) is 13.2 Å². The third-order valence-electron chi connectivity index (χ3n) is 3.31. The van der Waals surface area contributed by atoms with Crippen molar-refractivity contribution in [2.45, 2.75) is 44.8 Å². The summed E-state index contributed by atoms with van der Waals surface area (Å²) in [5.41, 5.74) is 7.53. The van der Waals surface area contributed by atoms with Crippen molar-refractivity contribution in [2.24, 2.45) is 5.73 Å². The van der Waals surface area contributed by atoms with Crippen LogP contribution in [0.3, 0.4) is 0 Å². The summed E-state index contributed by atoms with van der Waals surface area (Å²) in [6.45, 7) is 4.08. The van der Waals surface area contributed by atoms with E-state index >= 15 is 0 Å². The highest BCUT2D eigenvalue weighted by Gasteiger charge is 2.20. The molecule has 0 saturated heterocycles. The molecule has 0 spiro atoms. The number of rotatable bonds is 7. The second-order valence-electron chi connectivity index (χ2n) is 5.20. The standard InChI is InChI=1S/C15H23NO4/c1-9(2)11-8-10(4-6-13(11)20-3)15(19)12(16)5-7-14(17)18/h4,6,8-9,12,15,19H,5,7,16H2,1-3H3,(H,17,18). The van der Waals surface area contributed by atoms with Crippen LogP contribution in [0.1, 0.15) is 49.8 Å². The van der Waals surface area contributed by atoms with Crippen molar-refractivity contribution in [3.63, 3.8) is 0 Å². The number of hydrogen-bond acceptors (Lipinski definition) is 4.